The molecule has 0 radical (unpaired) electrons. The molecule has 61 heteroatoms. The molecule has 10 saturated heterocycles. The highest BCUT2D eigenvalue weighted by atomic mass is 16.8. The molecule has 784 valence electrons. The van der Waals surface area contributed by atoms with Gasteiger partial charge in [-0.2, -0.15) is 0 Å². The smallest absolute Gasteiger partial charge is 0.364 e. The summed E-state index contributed by atoms with van der Waals surface area (Å²) < 4.78 is 113. The minimum absolute atomic E-state index is 0.820. The number of aliphatic carboxylic acids is 1. The van der Waals surface area contributed by atoms with E-state index in [4.69, 9.17) is 90.0 Å². The summed E-state index contributed by atoms with van der Waals surface area (Å²) in [5.41, 5.74) is 0. The Bertz CT molecular complexity index is 3840. The van der Waals surface area contributed by atoms with Crippen molar-refractivity contribution in [2.24, 2.45) is 0 Å². The predicted molar refractivity (Wildman–Crippen MR) is 418 cm³/mol. The Morgan fingerprint density at radius 2 is 0.640 bits per heavy atom. The van der Waals surface area contributed by atoms with Gasteiger partial charge in [0.05, 0.1) is 78.2 Å². The van der Waals surface area contributed by atoms with E-state index in [0.29, 0.717) is 0 Å². The number of carbonyl (C=O) groups is 7. The molecule has 0 aromatic heterocycles. The van der Waals surface area contributed by atoms with E-state index in [1.807, 2.05) is 0 Å². The van der Waals surface area contributed by atoms with E-state index < -0.39 is 433 Å². The monoisotopic (exact) mass is 1990 g/mol. The van der Waals surface area contributed by atoms with E-state index in [2.05, 4.69) is 31.9 Å². The quantitative estimate of drug-likeness (QED) is 0.0273. The topological polar surface area (TPSA) is 954 Å². The van der Waals surface area contributed by atoms with E-state index in [9.17, 15) is 182 Å². The SMILES string of the molecule is CC(=O)N[C@@H]1[C@@H](O)[C@H](O[C@@H]2O[C@H](CO)[C@@H](O[C@@H]3O[C@H](CO[C@H]4O[C@H](CO)[C@@H](O)[C@H](O)[C@@H]4O[C@@H]4O[C@H](CO)[C@@H](O[C@@H]5O[C@H](CO)[C@H](O)[C@H](O)[C@H]5O)[C@H](O)[C@H]4NC(C)=O)[C@@H](O)[C@H](O[C@H]4O[C@H](CO)[C@@H](O)[C@H](O)[C@@H]4O[C@@H]4O[C@H](CO)[C@@H](O[C@@H]5O[C@H](CO[C@]6(C(=O)O)C[C@H](O)[C@@H](NC(=O)CO)[C@H]([C@H](O)[C@H](O)CO)O6)[C@H](O)[C@H](O)[C@H]5NC(C)=O)[C@H](O)[C@H]4NC(C)=O)[C@@H]3O)[C@H](O)[C@H]2NC(C)=O)[C@@H](CO)O[C@H]1O. The van der Waals surface area contributed by atoms with E-state index in [1.54, 1.807) is 0 Å². The maximum absolute atomic E-state index is 13.4. The molecule has 136 heavy (non-hydrogen) atoms. The molecule has 10 aliphatic heterocycles. The second-order valence-electron chi connectivity index (χ2n) is 33.9. The van der Waals surface area contributed by atoms with Crippen molar-refractivity contribution in [1.29, 1.82) is 0 Å². The lowest BCUT2D eigenvalue weighted by molar-refractivity contribution is -0.398. The van der Waals surface area contributed by atoms with Crippen LogP contribution in [0.15, 0.2) is 0 Å². The molecule has 0 bridgehead atoms. The molecule has 0 aromatic rings. The summed E-state index contributed by atoms with van der Waals surface area (Å²) in [7, 11) is 0. The zero-order valence-electron chi connectivity index (χ0n) is 72.9. The lowest BCUT2D eigenvalue weighted by Crippen LogP contribution is -2.71. The van der Waals surface area contributed by atoms with Crippen LogP contribution in [0.5, 0.6) is 0 Å². The third-order valence-electron chi connectivity index (χ3n) is 24.4. The lowest BCUT2D eigenvalue weighted by Gasteiger charge is -2.51. The van der Waals surface area contributed by atoms with Gasteiger partial charge in [-0.15, -0.1) is 0 Å². The molecule has 0 spiro atoms. The summed E-state index contributed by atoms with van der Waals surface area (Å²) >= 11 is 0. The van der Waals surface area contributed by atoms with Gasteiger partial charge in [-0.3, -0.25) is 28.8 Å². The molecular formula is C75H124N6O55. The molecule has 6 amide bonds. The molecule has 0 unspecified atom stereocenters. The fourth-order valence-electron chi connectivity index (χ4n) is 17.3. The normalized spacial score (nSPS) is 46.2. The number of nitrogens with one attached hydrogen (secondary N) is 6. The molecule has 0 saturated carbocycles. The Labute approximate surface area is 768 Å². The zero-order valence-corrected chi connectivity index (χ0v) is 72.9. The van der Waals surface area contributed by atoms with Gasteiger partial charge in [-0.1, -0.05) is 0 Å². The van der Waals surface area contributed by atoms with Crippen LogP contribution in [-0.4, -0.2) is 574 Å². The Kier molecular flexibility index (Phi) is 40.6. The average molecular weight is 1990 g/mol. The van der Waals surface area contributed by atoms with Crippen LogP contribution in [0.1, 0.15) is 41.0 Å². The van der Waals surface area contributed by atoms with Gasteiger partial charge in [0.1, 0.15) is 244 Å². The molecule has 51 atom stereocenters. The number of carboxylic acids is 1. The number of amides is 6. The third-order valence-corrected chi connectivity index (χ3v) is 24.4. The average Bonchev–Trinajstić information content (AvgIpc) is 0.735. The third kappa shape index (κ3) is 25.2. The van der Waals surface area contributed by atoms with Crippen molar-refractivity contribution >= 4 is 41.4 Å². The van der Waals surface area contributed by atoms with Crippen molar-refractivity contribution in [3.8, 4) is 0 Å². The Balaban J connectivity index is 0.973. The molecule has 10 fully saturated rings. The standard InChI is InChI=1S/C75H124N6O55/c1-18(91)76-36-48(106)57(28(11-86)120-65(36)115)129-67-38(78-20(3)93)50(108)60(31(14-89)124-67)132-71-56(114)62(46(104)32(128-71)16-118-72-63(53(111)43(101)26(9-84)122-72)134-68-40(80-22(5)95)51(109)59(30(13-88)126-68)131-70-55(113)52(110)42(100)25(8-83)121-70)133-73-64(54(112)44(102)27(10-85)123-73)135-69-39(79-21(4)94)49(107)58(29(12-87)125-69)130-66-37(77-19(2)92)47(105)45(103)33(127-66)17-119-75(74(116)117)6-23(96)35(81-34(98)15-90)61(136-75)41(99)24(97)7-82/h23-33,35-73,82-90,96-97,99-115H,6-17H2,1-5H3,(H,76,91)(H,77,92)(H,78,93)(H,79,94)(H,80,95)(H,81,98)(H,116,117)/t23-,24+,25+,26+,27+,28+,29+,30+,31+,32+,33+,35+,36+,37+,38+,39+,40+,41+,42-,43+,44+,45-,46+,47+,48+,49+,50+,51+,52-,53-,54-,55+,56-,57+,58+,59+,60+,61+,62-,63-,64-,65+,66-,67-,68-,69-,70-,71-,72-,73+,75+/m0/s1. The first-order valence-corrected chi connectivity index (χ1v) is 42.9. The van der Waals surface area contributed by atoms with Crippen molar-refractivity contribution in [3.63, 3.8) is 0 Å². The summed E-state index contributed by atoms with van der Waals surface area (Å²) in [5, 5.41) is 338. The van der Waals surface area contributed by atoms with Gasteiger partial charge in [0.15, 0.2) is 56.6 Å². The zero-order chi connectivity index (χ0) is 101. The van der Waals surface area contributed by atoms with Crippen molar-refractivity contribution in [3.05, 3.63) is 0 Å². The molecule has 61 nitrogen and oxygen atoms in total. The van der Waals surface area contributed by atoms with Gasteiger partial charge < -0.3 is 270 Å². The van der Waals surface area contributed by atoms with Gasteiger partial charge in [-0.05, 0) is 0 Å². The van der Waals surface area contributed by atoms with E-state index in [-0.39, 0.29) is 0 Å². The molecule has 10 aliphatic rings. The van der Waals surface area contributed by atoms with E-state index in [1.165, 1.54) is 0 Å². The molecular weight excluding hydrogens is 1860 g/mol. The first-order valence-electron chi connectivity index (χ1n) is 42.9. The molecule has 10 heterocycles. The Morgan fingerprint density at radius 1 is 0.316 bits per heavy atom. The van der Waals surface area contributed by atoms with Crippen LogP contribution in [0, 0.1) is 0 Å². The first-order chi connectivity index (χ1) is 64.2. The van der Waals surface area contributed by atoms with Crippen LogP contribution in [-0.2, 0) is 124 Å². The second kappa shape index (κ2) is 49.1. The number of aliphatic hydroxyl groups is 28. The maximum atomic E-state index is 13.4. The van der Waals surface area contributed by atoms with Gasteiger partial charge >= 0.3 is 5.97 Å². The summed E-state index contributed by atoms with van der Waals surface area (Å²) in [6.07, 6.45) is -97.7. The lowest BCUT2D eigenvalue weighted by atomic mass is 9.88. The second-order valence-corrected chi connectivity index (χ2v) is 33.9. The van der Waals surface area contributed by atoms with Crippen molar-refractivity contribution < 1.29 is 272 Å². The highest BCUT2D eigenvalue weighted by molar-refractivity contribution is 5.78. The van der Waals surface area contributed by atoms with Crippen molar-refractivity contribution in [2.75, 3.05) is 72.7 Å². The van der Waals surface area contributed by atoms with Crippen molar-refractivity contribution in [2.45, 2.75) is 353 Å². The van der Waals surface area contributed by atoms with Crippen LogP contribution < -0.4 is 31.9 Å². The minimum atomic E-state index is -3.19. The Hall–Kier alpha value is -5.59. The van der Waals surface area contributed by atoms with Crippen LogP contribution in [0.25, 0.3) is 0 Å². The highest BCUT2D eigenvalue weighted by Gasteiger charge is 2.63. The van der Waals surface area contributed by atoms with Crippen LogP contribution in [0.4, 0.5) is 0 Å². The van der Waals surface area contributed by atoms with Gasteiger partial charge in [0.25, 0.3) is 5.79 Å². The van der Waals surface area contributed by atoms with E-state index >= 15 is 0 Å². The summed E-state index contributed by atoms with van der Waals surface area (Å²) in [5.74, 6) is -11.4. The van der Waals surface area contributed by atoms with Crippen LogP contribution in [0.2, 0.25) is 0 Å². The predicted octanol–water partition coefficient (Wildman–Crippen LogP) is -23.8. The highest BCUT2D eigenvalue weighted by Crippen LogP contribution is 2.42. The first kappa shape index (κ1) is 112. The van der Waals surface area contributed by atoms with Crippen LogP contribution >= 0.6 is 0 Å². The minimum Gasteiger partial charge on any atom is -0.477 e. The number of aliphatic hydroxyl groups excluding tert-OH is 28. The number of carboxylic acid groups (broad SMARTS) is 1. The van der Waals surface area contributed by atoms with Gasteiger partial charge in [0, 0.05) is 41.0 Å². The number of hydrogen-bond donors (Lipinski definition) is 35. The number of hydrogen-bond acceptors (Lipinski definition) is 54. The van der Waals surface area contributed by atoms with Crippen LogP contribution in [0.3, 0.4) is 0 Å². The Morgan fingerprint density at radius 3 is 1.05 bits per heavy atom. The van der Waals surface area contributed by atoms with Gasteiger partial charge in [0.2, 0.25) is 35.4 Å². The summed E-state index contributed by atoms with van der Waals surface area (Å²) in [4.78, 5) is 90.1. The number of carbonyl (C=O) groups excluding carboxylic acids is 6. The molecule has 10 rings (SSSR count). The molecule has 0 aliphatic carbocycles. The molecule has 35 N–H and O–H groups in total. The summed E-state index contributed by atoms with van der Waals surface area (Å²) in [6.45, 7) is -8.62. The number of ether oxygens (including phenoxy) is 19. The largest absolute Gasteiger partial charge is 0.477 e. The fraction of sp³-hybridized carbons (Fsp3) is 0.907. The maximum Gasteiger partial charge on any atom is 0.364 e. The van der Waals surface area contributed by atoms with Crippen molar-refractivity contribution in [1.82, 2.24) is 31.9 Å². The number of rotatable bonds is 38. The van der Waals surface area contributed by atoms with Gasteiger partial charge in [-0.25, -0.2) is 4.79 Å². The van der Waals surface area contributed by atoms with E-state index in [0.717, 1.165) is 34.6 Å². The fourth-order valence-corrected chi connectivity index (χ4v) is 17.3. The summed E-state index contributed by atoms with van der Waals surface area (Å²) in [6, 6.07) is -11.6. The molecule has 0 aromatic carbocycles.